The topological polar surface area (TPSA) is 140 Å². The number of amides is 1. The Morgan fingerprint density at radius 1 is 0.911 bits per heavy atom. The molecule has 0 unspecified atom stereocenters. The number of H-pyrrole nitrogens is 1. The maximum atomic E-state index is 11.7. The molecule has 6 N–H and O–H groups in total. The van der Waals surface area contributed by atoms with Crippen LogP contribution in [0.4, 0.5) is 10.5 Å². The molecule has 6 aromatic rings. The lowest BCUT2D eigenvalue weighted by atomic mass is 9.99. The van der Waals surface area contributed by atoms with Crippen LogP contribution in [0.15, 0.2) is 108 Å². The van der Waals surface area contributed by atoms with E-state index in [1.165, 1.54) is 12.1 Å². The first-order valence-electron chi connectivity index (χ1n) is 14.9. The molecule has 45 heavy (non-hydrogen) atoms. The van der Waals surface area contributed by atoms with E-state index in [1.54, 1.807) is 12.1 Å². The molecule has 2 aromatic heterocycles. The number of carboxylic acid groups (broad SMARTS) is 1. The van der Waals surface area contributed by atoms with Gasteiger partial charge in [-0.2, -0.15) is 0 Å². The first-order valence-corrected chi connectivity index (χ1v) is 14.9. The van der Waals surface area contributed by atoms with Gasteiger partial charge >= 0.3 is 6.09 Å². The van der Waals surface area contributed by atoms with E-state index >= 15 is 0 Å². The number of carbonyl (C=O) groups is 1. The summed E-state index contributed by atoms with van der Waals surface area (Å²) in [6.45, 7) is 1.69. The number of hydrogen-bond acceptors (Lipinski definition) is 5. The Hall–Kier alpha value is -5.38. The first kappa shape index (κ1) is 29.7. The second-order valence-corrected chi connectivity index (χ2v) is 11.1. The van der Waals surface area contributed by atoms with E-state index in [4.69, 9.17) is 0 Å². The molecule has 1 amide bonds. The summed E-state index contributed by atoms with van der Waals surface area (Å²) in [6.07, 6.45) is 1.87. The Balaban J connectivity index is 1.06. The normalized spacial score (nSPS) is 12.0. The van der Waals surface area contributed by atoms with Crippen molar-refractivity contribution < 1.29 is 20.1 Å². The van der Waals surface area contributed by atoms with Crippen molar-refractivity contribution in [2.75, 3.05) is 11.9 Å². The number of phenolic OH excluding ortho intramolecular Hbond substituents is 1. The molecule has 0 aliphatic heterocycles. The molecular formula is C36H34N4O5. The van der Waals surface area contributed by atoms with Crippen molar-refractivity contribution in [3.05, 3.63) is 130 Å². The van der Waals surface area contributed by atoms with Gasteiger partial charge in [0.2, 0.25) is 5.56 Å². The van der Waals surface area contributed by atoms with E-state index in [1.807, 2.05) is 42.5 Å². The van der Waals surface area contributed by atoms with Crippen LogP contribution in [-0.4, -0.2) is 37.5 Å². The summed E-state index contributed by atoms with van der Waals surface area (Å²) < 4.78 is 2.23. The highest BCUT2D eigenvalue weighted by molar-refractivity contribution is 5.91. The van der Waals surface area contributed by atoms with Gasteiger partial charge in [0.25, 0.3) is 0 Å². The number of aliphatic hydroxyl groups is 1. The van der Waals surface area contributed by atoms with Crippen LogP contribution >= 0.6 is 0 Å². The Kier molecular flexibility index (Phi) is 8.63. The largest absolute Gasteiger partial charge is 0.506 e. The summed E-state index contributed by atoms with van der Waals surface area (Å²) in [4.78, 5) is 25.8. The van der Waals surface area contributed by atoms with Crippen LogP contribution in [0, 0.1) is 0 Å². The zero-order chi connectivity index (χ0) is 31.3. The molecule has 0 bridgehead atoms. The molecule has 6 rings (SSSR count). The first-order chi connectivity index (χ1) is 21.9. The average molecular weight is 603 g/mol. The average Bonchev–Trinajstić information content (AvgIpc) is 3.44. The van der Waals surface area contributed by atoms with E-state index in [0.29, 0.717) is 35.2 Å². The van der Waals surface area contributed by atoms with Gasteiger partial charge in [-0.05, 0) is 76.9 Å². The van der Waals surface area contributed by atoms with Gasteiger partial charge < -0.3 is 30.2 Å². The number of rotatable bonds is 11. The van der Waals surface area contributed by atoms with E-state index < -0.39 is 12.2 Å². The Labute approximate surface area is 259 Å². The van der Waals surface area contributed by atoms with Crippen LogP contribution < -0.4 is 16.2 Å². The van der Waals surface area contributed by atoms with Crippen LogP contribution in [-0.2, 0) is 19.5 Å². The molecular weight excluding hydrogens is 568 g/mol. The van der Waals surface area contributed by atoms with Gasteiger partial charge in [-0.1, -0.05) is 54.6 Å². The maximum absolute atomic E-state index is 11.7. The molecule has 0 saturated carbocycles. The van der Waals surface area contributed by atoms with Crippen LogP contribution in [0.5, 0.6) is 5.75 Å². The van der Waals surface area contributed by atoms with Crippen LogP contribution in [0.1, 0.15) is 29.2 Å². The molecule has 0 saturated heterocycles. The summed E-state index contributed by atoms with van der Waals surface area (Å²) >= 11 is 0. The second-order valence-electron chi connectivity index (χ2n) is 11.1. The van der Waals surface area contributed by atoms with E-state index in [9.17, 15) is 24.9 Å². The van der Waals surface area contributed by atoms with E-state index in [-0.39, 0.29) is 11.3 Å². The smallest absolute Gasteiger partial charge is 0.409 e. The summed E-state index contributed by atoms with van der Waals surface area (Å²) in [6, 6.07) is 30.3. The lowest BCUT2D eigenvalue weighted by Crippen LogP contribution is -2.21. The third kappa shape index (κ3) is 6.75. The van der Waals surface area contributed by atoms with E-state index in [0.717, 1.165) is 52.5 Å². The SMILES string of the molecule is O=C(O)Nc1cc(CCCn2ccc3cc(CNC[C@H](O)c4ccc(O)c5[nH]c(=O)ccc45)ccc32)ccc1-c1ccccc1. The Morgan fingerprint density at radius 3 is 2.56 bits per heavy atom. The molecule has 0 fully saturated rings. The lowest BCUT2D eigenvalue weighted by molar-refractivity contribution is 0.176. The predicted molar refractivity (Wildman–Crippen MR) is 177 cm³/mol. The minimum atomic E-state index is -1.08. The predicted octanol–water partition coefficient (Wildman–Crippen LogP) is 6.40. The van der Waals surface area contributed by atoms with Gasteiger partial charge in [0.1, 0.15) is 5.75 Å². The standard InChI is InChI=1S/C36H34N4O5/c41-32-14-11-28(29-12-15-34(43)39-35(29)32)33(42)22-37-21-24-9-13-31-26(19-24)16-18-40(31)17-4-5-23-8-10-27(25-6-2-1-3-7-25)30(20-23)38-36(44)45/h1-3,6-16,18-20,33,37-38,41-42H,4-5,17,21-22H2,(H,39,43)(H,44,45)/t33-/m0/s1. The van der Waals surface area contributed by atoms with Crippen LogP contribution in [0.25, 0.3) is 32.9 Å². The van der Waals surface area contributed by atoms with Crippen molar-refractivity contribution in [3.63, 3.8) is 0 Å². The minimum Gasteiger partial charge on any atom is -0.506 e. The van der Waals surface area contributed by atoms with Crippen molar-refractivity contribution in [1.82, 2.24) is 14.9 Å². The van der Waals surface area contributed by atoms with Gasteiger partial charge in [-0.15, -0.1) is 0 Å². The maximum Gasteiger partial charge on any atom is 0.409 e. The third-order valence-corrected chi connectivity index (χ3v) is 8.04. The number of nitrogens with one attached hydrogen (secondary N) is 3. The number of hydrogen-bond donors (Lipinski definition) is 6. The minimum absolute atomic E-state index is 0.0356. The number of phenols is 1. The number of aromatic hydroxyl groups is 1. The second kappa shape index (κ2) is 13.1. The fourth-order valence-electron chi connectivity index (χ4n) is 5.86. The van der Waals surface area contributed by atoms with Crippen molar-refractivity contribution >= 4 is 33.6 Å². The zero-order valence-electron chi connectivity index (χ0n) is 24.5. The molecule has 9 nitrogen and oxygen atoms in total. The van der Waals surface area contributed by atoms with Gasteiger partial charge in [0.15, 0.2) is 0 Å². The monoisotopic (exact) mass is 602 g/mol. The summed E-state index contributed by atoms with van der Waals surface area (Å²) in [5, 5.41) is 37.9. The number of aromatic nitrogens is 2. The zero-order valence-corrected chi connectivity index (χ0v) is 24.5. The Bertz CT molecular complexity index is 2030. The highest BCUT2D eigenvalue weighted by Gasteiger charge is 2.14. The highest BCUT2D eigenvalue weighted by atomic mass is 16.4. The number of fused-ring (bicyclic) bond motifs is 2. The van der Waals surface area contributed by atoms with Gasteiger partial charge in [-0.3, -0.25) is 10.1 Å². The number of aryl methyl sites for hydroxylation is 2. The number of benzene rings is 4. The van der Waals surface area contributed by atoms with Gasteiger partial charge in [-0.25, -0.2) is 4.79 Å². The van der Waals surface area contributed by atoms with Crippen molar-refractivity contribution in [2.24, 2.45) is 0 Å². The number of pyridine rings is 1. The summed E-state index contributed by atoms with van der Waals surface area (Å²) in [5.41, 5.74) is 6.31. The van der Waals surface area contributed by atoms with Crippen molar-refractivity contribution in [1.29, 1.82) is 0 Å². The fraction of sp³-hybridized carbons (Fsp3) is 0.167. The van der Waals surface area contributed by atoms with Crippen molar-refractivity contribution in [3.8, 4) is 16.9 Å². The van der Waals surface area contributed by atoms with E-state index in [2.05, 4.69) is 56.7 Å². The molecule has 2 heterocycles. The number of anilines is 1. The number of aromatic amines is 1. The Morgan fingerprint density at radius 2 is 1.73 bits per heavy atom. The molecule has 0 spiro atoms. The number of nitrogens with zero attached hydrogens (tertiary/aromatic N) is 1. The lowest BCUT2D eigenvalue weighted by Gasteiger charge is -2.15. The van der Waals surface area contributed by atoms with Crippen molar-refractivity contribution in [2.45, 2.75) is 32.0 Å². The van der Waals surface area contributed by atoms with Gasteiger partial charge in [0.05, 0.1) is 17.3 Å². The summed E-state index contributed by atoms with van der Waals surface area (Å²) in [5.74, 6) is -0.0356. The molecule has 0 radical (unpaired) electrons. The van der Waals surface area contributed by atoms with Crippen LogP contribution in [0.2, 0.25) is 0 Å². The molecule has 0 aliphatic carbocycles. The molecule has 9 heteroatoms. The van der Waals surface area contributed by atoms with Gasteiger partial charge in [0, 0.05) is 48.4 Å². The quantitative estimate of drug-likeness (QED) is 0.101. The number of aliphatic hydroxyl groups excluding tert-OH is 1. The van der Waals surface area contributed by atoms with Crippen LogP contribution in [0.3, 0.4) is 0 Å². The molecule has 0 aliphatic rings. The highest BCUT2D eigenvalue weighted by Crippen LogP contribution is 2.30. The molecule has 1 atom stereocenters. The molecule has 4 aromatic carbocycles. The molecule has 228 valence electrons. The third-order valence-electron chi connectivity index (χ3n) is 8.04. The fourth-order valence-corrected chi connectivity index (χ4v) is 5.86. The summed E-state index contributed by atoms with van der Waals surface area (Å²) in [7, 11) is 0.